The summed E-state index contributed by atoms with van der Waals surface area (Å²) in [7, 11) is 0. The molecule has 19 heavy (non-hydrogen) atoms. The summed E-state index contributed by atoms with van der Waals surface area (Å²) < 4.78 is 4.84. The molecule has 3 heteroatoms. The van der Waals surface area contributed by atoms with E-state index in [0.29, 0.717) is 12.5 Å². The van der Waals surface area contributed by atoms with Gasteiger partial charge >= 0.3 is 5.97 Å². The molecule has 0 saturated heterocycles. The van der Waals surface area contributed by atoms with Crippen LogP contribution in [0.1, 0.15) is 37.7 Å². The van der Waals surface area contributed by atoms with Gasteiger partial charge in [-0.25, -0.2) is 4.79 Å². The molecular formula is C16H20O3. The molecule has 0 aliphatic heterocycles. The second-order valence-electron chi connectivity index (χ2n) is 4.82. The largest absolute Gasteiger partial charge is 0.464 e. The van der Waals surface area contributed by atoms with Crippen LogP contribution in [0, 0.1) is 0 Å². The van der Waals surface area contributed by atoms with Crippen molar-refractivity contribution in [3.05, 3.63) is 47.5 Å². The van der Waals surface area contributed by atoms with Gasteiger partial charge in [0, 0.05) is 0 Å². The molecule has 0 saturated carbocycles. The molecule has 0 bridgehead atoms. The number of carbonyl (C=O) groups is 1. The van der Waals surface area contributed by atoms with Crippen molar-refractivity contribution >= 4 is 5.97 Å². The Morgan fingerprint density at radius 1 is 1.42 bits per heavy atom. The van der Waals surface area contributed by atoms with E-state index in [1.54, 1.807) is 6.92 Å². The predicted octanol–water partition coefficient (Wildman–Crippen LogP) is 2.80. The van der Waals surface area contributed by atoms with Gasteiger partial charge in [0.2, 0.25) is 0 Å². The molecule has 0 fully saturated rings. The van der Waals surface area contributed by atoms with Crippen LogP contribution < -0.4 is 0 Å². The minimum absolute atomic E-state index is 0.301. The van der Waals surface area contributed by atoms with Crippen molar-refractivity contribution in [2.75, 3.05) is 6.61 Å². The van der Waals surface area contributed by atoms with Gasteiger partial charge in [0.05, 0.1) is 6.61 Å². The van der Waals surface area contributed by atoms with E-state index in [1.165, 1.54) is 5.56 Å². The Morgan fingerprint density at radius 2 is 2.16 bits per heavy atom. The van der Waals surface area contributed by atoms with E-state index in [2.05, 4.69) is 12.1 Å². The Balaban J connectivity index is 1.98. The summed E-state index contributed by atoms with van der Waals surface area (Å²) in [5.41, 5.74) is 2.12. The second kappa shape index (κ2) is 6.53. The van der Waals surface area contributed by atoms with Gasteiger partial charge in [-0.3, -0.25) is 0 Å². The highest BCUT2D eigenvalue weighted by Crippen LogP contribution is 2.33. The lowest BCUT2D eigenvalue weighted by atomic mass is 9.83. The smallest absolute Gasteiger partial charge is 0.339 e. The van der Waals surface area contributed by atoms with Crippen molar-refractivity contribution in [1.82, 2.24) is 0 Å². The quantitative estimate of drug-likeness (QED) is 0.669. The van der Waals surface area contributed by atoms with Crippen LogP contribution in [0.15, 0.2) is 42.0 Å². The zero-order chi connectivity index (χ0) is 13.7. The topological polar surface area (TPSA) is 46.5 Å². The van der Waals surface area contributed by atoms with E-state index in [0.717, 1.165) is 24.8 Å². The van der Waals surface area contributed by atoms with Gasteiger partial charge in [-0.05, 0) is 43.2 Å². The fourth-order valence-electron chi connectivity index (χ4n) is 2.50. The first kappa shape index (κ1) is 13.8. The number of aliphatic hydroxyl groups excluding tert-OH is 1. The number of carbonyl (C=O) groups excluding carboxylic acids is 1. The van der Waals surface area contributed by atoms with Crippen molar-refractivity contribution in [1.29, 1.82) is 0 Å². The lowest BCUT2D eigenvalue weighted by molar-refractivity contribution is -0.151. The monoisotopic (exact) mass is 260 g/mol. The van der Waals surface area contributed by atoms with Crippen LogP contribution in [0.25, 0.3) is 0 Å². The molecule has 0 heterocycles. The third kappa shape index (κ3) is 3.44. The molecule has 0 aromatic heterocycles. The SMILES string of the molecule is CCOC(=O)C(O)C1=CCC(c2ccccc2)CC1. The first-order valence-corrected chi connectivity index (χ1v) is 6.81. The molecular weight excluding hydrogens is 240 g/mol. The van der Waals surface area contributed by atoms with Crippen LogP contribution in [0.5, 0.6) is 0 Å². The molecule has 2 rings (SSSR count). The van der Waals surface area contributed by atoms with E-state index >= 15 is 0 Å². The molecule has 0 radical (unpaired) electrons. The van der Waals surface area contributed by atoms with Crippen LogP contribution in [-0.4, -0.2) is 23.8 Å². The van der Waals surface area contributed by atoms with Crippen LogP contribution in [0.2, 0.25) is 0 Å². The Labute approximate surface area is 113 Å². The number of esters is 1. The third-order valence-electron chi connectivity index (χ3n) is 3.58. The summed E-state index contributed by atoms with van der Waals surface area (Å²) in [5, 5.41) is 9.89. The standard InChI is InChI=1S/C16H20O3/c1-2-19-16(18)15(17)14-10-8-13(9-11-14)12-6-4-3-5-7-12/h3-7,10,13,15,17H,2,8-9,11H2,1H3. The number of allylic oxidation sites excluding steroid dienone is 1. The summed E-state index contributed by atoms with van der Waals surface area (Å²) in [6.07, 6.45) is 3.49. The molecule has 2 atom stereocenters. The van der Waals surface area contributed by atoms with Gasteiger partial charge in [-0.15, -0.1) is 0 Å². The summed E-state index contributed by atoms with van der Waals surface area (Å²) in [6, 6.07) is 10.4. The zero-order valence-electron chi connectivity index (χ0n) is 11.2. The summed E-state index contributed by atoms with van der Waals surface area (Å²) >= 11 is 0. The Hall–Kier alpha value is -1.61. The van der Waals surface area contributed by atoms with Crippen LogP contribution in [0.3, 0.4) is 0 Å². The molecule has 1 aliphatic carbocycles. The minimum atomic E-state index is -1.09. The normalized spacial score (nSPS) is 20.5. The van der Waals surface area contributed by atoms with Gasteiger partial charge in [-0.1, -0.05) is 36.4 Å². The number of benzene rings is 1. The average Bonchev–Trinajstić information content (AvgIpc) is 2.48. The van der Waals surface area contributed by atoms with Crippen LogP contribution in [0.4, 0.5) is 0 Å². The Kier molecular flexibility index (Phi) is 4.74. The van der Waals surface area contributed by atoms with E-state index in [-0.39, 0.29) is 0 Å². The molecule has 0 spiro atoms. The van der Waals surface area contributed by atoms with Crippen molar-refractivity contribution in [2.24, 2.45) is 0 Å². The first-order chi connectivity index (χ1) is 9.22. The Morgan fingerprint density at radius 3 is 2.74 bits per heavy atom. The molecule has 2 unspecified atom stereocenters. The lowest BCUT2D eigenvalue weighted by Crippen LogP contribution is -2.26. The van der Waals surface area contributed by atoms with Crippen molar-refractivity contribution < 1.29 is 14.6 Å². The lowest BCUT2D eigenvalue weighted by Gasteiger charge is -2.24. The highest BCUT2D eigenvalue weighted by molar-refractivity contribution is 5.78. The van der Waals surface area contributed by atoms with Gasteiger partial charge in [0.15, 0.2) is 6.10 Å². The maximum absolute atomic E-state index is 11.5. The van der Waals surface area contributed by atoms with Gasteiger partial charge in [0.1, 0.15) is 0 Å². The average molecular weight is 260 g/mol. The van der Waals surface area contributed by atoms with Gasteiger partial charge < -0.3 is 9.84 Å². The maximum Gasteiger partial charge on any atom is 0.339 e. The number of rotatable bonds is 4. The fraction of sp³-hybridized carbons (Fsp3) is 0.438. The van der Waals surface area contributed by atoms with Crippen LogP contribution >= 0.6 is 0 Å². The summed E-state index contributed by atoms with van der Waals surface area (Å²) in [5.74, 6) is -0.0498. The maximum atomic E-state index is 11.5. The number of hydrogen-bond donors (Lipinski definition) is 1. The Bertz CT molecular complexity index is 450. The van der Waals surface area contributed by atoms with Crippen molar-refractivity contribution in [3.63, 3.8) is 0 Å². The number of ether oxygens (including phenoxy) is 1. The van der Waals surface area contributed by atoms with Crippen molar-refractivity contribution in [2.45, 2.75) is 38.2 Å². The van der Waals surface area contributed by atoms with Gasteiger partial charge in [-0.2, -0.15) is 0 Å². The van der Waals surface area contributed by atoms with Crippen molar-refractivity contribution in [3.8, 4) is 0 Å². The predicted molar refractivity (Wildman–Crippen MR) is 73.8 cm³/mol. The van der Waals surface area contributed by atoms with E-state index in [1.807, 2.05) is 24.3 Å². The summed E-state index contributed by atoms with van der Waals surface area (Å²) in [6.45, 7) is 2.04. The molecule has 3 nitrogen and oxygen atoms in total. The molecule has 0 amide bonds. The minimum Gasteiger partial charge on any atom is -0.464 e. The van der Waals surface area contributed by atoms with Gasteiger partial charge in [0.25, 0.3) is 0 Å². The number of aliphatic hydroxyl groups is 1. The van der Waals surface area contributed by atoms with E-state index < -0.39 is 12.1 Å². The molecule has 1 aromatic carbocycles. The fourth-order valence-corrected chi connectivity index (χ4v) is 2.50. The third-order valence-corrected chi connectivity index (χ3v) is 3.58. The highest BCUT2D eigenvalue weighted by atomic mass is 16.5. The summed E-state index contributed by atoms with van der Waals surface area (Å²) in [4.78, 5) is 11.5. The van der Waals surface area contributed by atoms with E-state index in [4.69, 9.17) is 4.74 Å². The number of hydrogen-bond acceptors (Lipinski definition) is 3. The highest BCUT2D eigenvalue weighted by Gasteiger charge is 2.25. The zero-order valence-corrected chi connectivity index (χ0v) is 11.2. The molecule has 1 aromatic rings. The van der Waals surface area contributed by atoms with Crippen LogP contribution in [-0.2, 0) is 9.53 Å². The molecule has 1 N–H and O–H groups in total. The second-order valence-corrected chi connectivity index (χ2v) is 4.82. The first-order valence-electron chi connectivity index (χ1n) is 6.81. The van der Waals surface area contributed by atoms with E-state index in [9.17, 15) is 9.90 Å². The molecule has 1 aliphatic rings. The molecule has 102 valence electrons.